The molecule has 3 nitrogen and oxygen atoms in total. The van der Waals surface area contributed by atoms with Crippen LogP contribution < -0.4 is 4.74 Å². The fourth-order valence-corrected chi connectivity index (χ4v) is 1.41. The van der Waals surface area contributed by atoms with Crippen LogP contribution in [0.4, 0.5) is 0 Å². The first-order chi connectivity index (χ1) is 8.17. The van der Waals surface area contributed by atoms with Gasteiger partial charge in [0, 0.05) is 0 Å². The maximum absolute atomic E-state index is 11.3. The van der Waals surface area contributed by atoms with E-state index >= 15 is 0 Å². The number of rotatable bonds is 5. The summed E-state index contributed by atoms with van der Waals surface area (Å²) in [6.45, 7) is 4.59. The summed E-state index contributed by atoms with van der Waals surface area (Å²) >= 11 is 5.80. The summed E-state index contributed by atoms with van der Waals surface area (Å²) in [5, 5.41) is 0.0657. The summed E-state index contributed by atoms with van der Waals surface area (Å²) < 4.78 is 10.1. The molecule has 92 valence electrons. The van der Waals surface area contributed by atoms with E-state index in [1.54, 1.807) is 13.0 Å². The van der Waals surface area contributed by atoms with Crippen LogP contribution in [0.1, 0.15) is 19.4 Å². The number of ether oxygens (including phenoxy) is 2. The Morgan fingerprint density at radius 2 is 1.88 bits per heavy atom. The minimum atomic E-state index is -0.511. The molecule has 0 bridgehead atoms. The largest absolute Gasteiger partial charge is 0.494 e. The molecule has 0 saturated heterocycles. The summed E-state index contributed by atoms with van der Waals surface area (Å²) in [5.41, 5.74) is 0.825. The van der Waals surface area contributed by atoms with Gasteiger partial charge in [-0.05, 0) is 37.6 Å². The van der Waals surface area contributed by atoms with Crippen molar-refractivity contribution >= 4 is 23.6 Å². The molecule has 0 heterocycles. The van der Waals surface area contributed by atoms with Gasteiger partial charge < -0.3 is 9.47 Å². The van der Waals surface area contributed by atoms with Gasteiger partial charge in [0.25, 0.3) is 0 Å². The third-order valence-corrected chi connectivity index (χ3v) is 2.22. The number of benzene rings is 1. The zero-order valence-corrected chi connectivity index (χ0v) is 10.7. The molecule has 0 aliphatic heterocycles. The summed E-state index contributed by atoms with van der Waals surface area (Å²) in [6, 6.07) is 7.30. The lowest BCUT2D eigenvalue weighted by Crippen LogP contribution is -2.03. The van der Waals surface area contributed by atoms with Gasteiger partial charge in [0.1, 0.15) is 10.8 Å². The van der Waals surface area contributed by atoms with Crippen LogP contribution in [0.3, 0.4) is 0 Å². The quantitative estimate of drug-likeness (QED) is 0.598. The number of carbonyl (C=O) groups is 1. The molecule has 0 aliphatic carbocycles. The number of esters is 1. The van der Waals surface area contributed by atoms with E-state index in [0.717, 1.165) is 11.3 Å². The highest BCUT2D eigenvalue weighted by molar-refractivity contribution is 6.43. The van der Waals surface area contributed by atoms with Crippen LogP contribution in [0.15, 0.2) is 29.3 Å². The molecule has 1 aromatic carbocycles. The number of hydrogen-bond donors (Lipinski definition) is 0. The monoisotopic (exact) mass is 254 g/mol. The third kappa shape index (κ3) is 4.49. The summed E-state index contributed by atoms with van der Waals surface area (Å²) in [5.74, 6) is 0.278. The summed E-state index contributed by atoms with van der Waals surface area (Å²) in [4.78, 5) is 11.3. The highest BCUT2D eigenvalue weighted by Gasteiger charge is 2.06. The van der Waals surface area contributed by atoms with E-state index < -0.39 is 5.97 Å². The van der Waals surface area contributed by atoms with Crippen LogP contribution in [0, 0.1) is 0 Å². The lowest BCUT2D eigenvalue weighted by atomic mass is 10.2. The Labute approximate surface area is 106 Å². The first kappa shape index (κ1) is 13.6. The highest BCUT2D eigenvalue weighted by Crippen LogP contribution is 2.16. The predicted octanol–water partition coefficient (Wildman–Crippen LogP) is 3.23. The van der Waals surface area contributed by atoms with Crippen LogP contribution in [-0.2, 0) is 9.53 Å². The molecule has 0 radical (unpaired) electrons. The van der Waals surface area contributed by atoms with E-state index in [4.69, 9.17) is 21.1 Å². The lowest BCUT2D eigenvalue weighted by molar-refractivity contribution is -0.137. The molecule has 0 amide bonds. The zero-order chi connectivity index (χ0) is 12.7. The Morgan fingerprint density at radius 3 is 2.41 bits per heavy atom. The maximum atomic E-state index is 11.3. The van der Waals surface area contributed by atoms with Gasteiger partial charge in [-0.25, -0.2) is 4.79 Å². The van der Waals surface area contributed by atoms with E-state index in [1.165, 1.54) is 0 Å². The molecule has 17 heavy (non-hydrogen) atoms. The topological polar surface area (TPSA) is 35.5 Å². The Balaban J connectivity index is 2.73. The summed E-state index contributed by atoms with van der Waals surface area (Å²) in [6.07, 6.45) is 1.56. The molecule has 4 heteroatoms. The van der Waals surface area contributed by atoms with E-state index in [1.807, 2.05) is 31.2 Å². The molecular formula is C13H15ClO3. The van der Waals surface area contributed by atoms with Crippen molar-refractivity contribution in [2.75, 3.05) is 13.2 Å². The van der Waals surface area contributed by atoms with E-state index in [-0.39, 0.29) is 5.03 Å². The smallest absolute Gasteiger partial charge is 0.349 e. The maximum Gasteiger partial charge on any atom is 0.349 e. The van der Waals surface area contributed by atoms with Crippen molar-refractivity contribution in [2.45, 2.75) is 13.8 Å². The number of halogens is 1. The molecule has 0 saturated carbocycles. The van der Waals surface area contributed by atoms with Gasteiger partial charge in [0.2, 0.25) is 0 Å². The first-order valence-electron chi connectivity index (χ1n) is 5.44. The molecule has 0 atom stereocenters. The fraction of sp³-hybridized carbons (Fsp3) is 0.308. The van der Waals surface area contributed by atoms with Gasteiger partial charge in [-0.2, -0.15) is 0 Å². The van der Waals surface area contributed by atoms with Gasteiger partial charge in [0.15, 0.2) is 0 Å². The number of hydrogen-bond acceptors (Lipinski definition) is 3. The lowest BCUT2D eigenvalue weighted by Gasteiger charge is -2.03. The first-order valence-corrected chi connectivity index (χ1v) is 5.82. The molecule has 0 spiro atoms. The number of carbonyl (C=O) groups excluding carboxylic acids is 1. The minimum absolute atomic E-state index is 0.0657. The van der Waals surface area contributed by atoms with E-state index in [0.29, 0.717) is 13.2 Å². The normalized spacial score (nSPS) is 11.1. The Kier molecular flexibility index (Phi) is 5.57. The Morgan fingerprint density at radius 1 is 1.24 bits per heavy atom. The van der Waals surface area contributed by atoms with Gasteiger partial charge >= 0.3 is 5.97 Å². The molecular weight excluding hydrogens is 240 g/mol. The van der Waals surface area contributed by atoms with Crippen molar-refractivity contribution in [2.24, 2.45) is 0 Å². The van der Waals surface area contributed by atoms with Crippen molar-refractivity contribution < 1.29 is 14.3 Å². The van der Waals surface area contributed by atoms with Gasteiger partial charge in [-0.15, -0.1) is 0 Å². The molecule has 0 N–H and O–H groups in total. The molecule has 0 aromatic heterocycles. The molecule has 0 fully saturated rings. The molecule has 1 aromatic rings. The minimum Gasteiger partial charge on any atom is -0.494 e. The Bertz CT molecular complexity index is 396. The highest BCUT2D eigenvalue weighted by atomic mass is 35.5. The van der Waals surface area contributed by atoms with Crippen molar-refractivity contribution in [1.82, 2.24) is 0 Å². The van der Waals surface area contributed by atoms with Crippen molar-refractivity contribution in [3.63, 3.8) is 0 Å². The average molecular weight is 255 g/mol. The van der Waals surface area contributed by atoms with E-state index in [9.17, 15) is 4.79 Å². The second-order valence-corrected chi connectivity index (χ2v) is 3.62. The van der Waals surface area contributed by atoms with Gasteiger partial charge in [-0.3, -0.25) is 0 Å². The zero-order valence-electron chi connectivity index (χ0n) is 9.90. The van der Waals surface area contributed by atoms with Crippen molar-refractivity contribution in [1.29, 1.82) is 0 Å². The SMILES string of the molecule is CCOC(=O)/C(Cl)=C/c1ccc(OCC)cc1. The molecule has 0 unspecified atom stereocenters. The van der Waals surface area contributed by atoms with Crippen LogP contribution in [-0.4, -0.2) is 19.2 Å². The van der Waals surface area contributed by atoms with Crippen LogP contribution in [0.25, 0.3) is 6.08 Å². The summed E-state index contributed by atoms with van der Waals surface area (Å²) in [7, 11) is 0. The van der Waals surface area contributed by atoms with Gasteiger partial charge in [-0.1, -0.05) is 23.7 Å². The molecule has 1 rings (SSSR count). The van der Waals surface area contributed by atoms with Crippen LogP contribution in [0.2, 0.25) is 0 Å². The van der Waals surface area contributed by atoms with Crippen LogP contribution in [0.5, 0.6) is 5.75 Å². The Hall–Kier alpha value is -1.48. The van der Waals surface area contributed by atoms with Gasteiger partial charge in [0.05, 0.1) is 13.2 Å². The second-order valence-electron chi connectivity index (χ2n) is 3.21. The van der Waals surface area contributed by atoms with E-state index in [2.05, 4.69) is 0 Å². The van der Waals surface area contributed by atoms with Crippen molar-refractivity contribution in [3.05, 3.63) is 34.9 Å². The second kappa shape index (κ2) is 6.97. The van der Waals surface area contributed by atoms with Crippen LogP contribution >= 0.6 is 11.6 Å². The standard InChI is InChI=1S/C13H15ClO3/c1-3-16-11-7-5-10(6-8-11)9-12(14)13(15)17-4-2/h5-9H,3-4H2,1-2H3/b12-9-. The fourth-order valence-electron chi connectivity index (χ4n) is 1.23. The van der Waals surface area contributed by atoms with Crippen molar-refractivity contribution in [3.8, 4) is 5.75 Å². The third-order valence-electron chi connectivity index (χ3n) is 1.95. The average Bonchev–Trinajstić information content (AvgIpc) is 2.32. The molecule has 0 aliphatic rings. The predicted molar refractivity (Wildman–Crippen MR) is 68.1 cm³/mol.